The molecule has 1 saturated heterocycles. The summed E-state index contributed by atoms with van der Waals surface area (Å²) in [6.45, 7) is 3.73. The molecule has 0 saturated carbocycles. The molecule has 0 spiro atoms. The molecular formula is C24H27N3O2. The average Bonchev–Trinajstić information content (AvgIpc) is 3.09. The zero-order valence-electron chi connectivity index (χ0n) is 16.8. The van der Waals surface area contributed by atoms with Gasteiger partial charge in [0.15, 0.2) is 5.78 Å². The van der Waals surface area contributed by atoms with Crippen LogP contribution in [0.2, 0.25) is 0 Å². The molecule has 1 aliphatic heterocycles. The number of nitrogens with one attached hydrogen (secondary N) is 2. The zero-order chi connectivity index (χ0) is 20.2. The first kappa shape index (κ1) is 19.4. The lowest BCUT2D eigenvalue weighted by atomic mass is 9.90. The number of H-pyrrole nitrogens is 1. The number of para-hydroxylation sites is 1. The molecule has 0 aliphatic carbocycles. The summed E-state index contributed by atoms with van der Waals surface area (Å²) in [5.41, 5.74) is 3.30. The molecule has 150 valence electrons. The van der Waals surface area contributed by atoms with Crippen LogP contribution in [-0.2, 0) is 11.2 Å². The summed E-state index contributed by atoms with van der Waals surface area (Å²) >= 11 is 0. The number of hydrogen-bond donors (Lipinski definition) is 2. The average molecular weight is 389 g/mol. The Morgan fingerprint density at radius 3 is 2.45 bits per heavy atom. The number of amides is 1. The normalized spacial score (nSPS) is 15.5. The van der Waals surface area contributed by atoms with E-state index in [1.165, 1.54) is 12.5 Å². The summed E-state index contributed by atoms with van der Waals surface area (Å²) in [4.78, 5) is 30.0. The highest BCUT2D eigenvalue weighted by atomic mass is 16.2. The number of benzene rings is 2. The molecule has 29 heavy (non-hydrogen) atoms. The largest absolute Gasteiger partial charge is 0.350 e. The maximum Gasteiger partial charge on any atom is 0.238 e. The van der Waals surface area contributed by atoms with E-state index in [9.17, 15) is 9.59 Å². The number of likely N-dealkylation sites (tertiary alicyclic amines) is 1. The van der Waals surface area contributed by atoms with E-state index in [-0.39, 0.29) is 11.7 Å². The number of ketones is 1. The quantitative estimate of drug-likeness (QED) is 0.619. The van der Waals surface area contributed by atoms with Gasteiger partial charge in [0, 0.05) is 17.8 Å². The van der Waals surface area contributed by atoms with Gasteiger partial charge in [0.05, 0.1) is 12.2 Å². The van der Waals surface area contributed by atoms with Crippen molar-refractivity contribution < 1.29 is 9.59 Å². The Hall–Kier alpha value is -2.92. The third kappa shape index (κ3) is 4.57. The molecule has 0 radical (unpaired) electrons. The Bertz CT molecular complexity index is 1000. The van der Waals surface area contributed by atoms with Crippen molar-refractivity contribution >= 4 is 28.3 Å². The number of hydrogen-bond acceptors (Lipinski definition) is 3. The highest BCUT2D eigenvalue weighted by molar-refractivity contribution is 6.12. The van der Waals surface area contributed by atoms with Crippen LogP contribution >= 0.6 is 0 Å². The number of rotatable bonds is 6. The van der Waals surface area contributed by atoms with E-state index in [1.807, 2.05) is 24.3 Å². The molecule has 1 amide bonds. The molecule has 0 unspecified atom stereocenters. The van der Waals surface area contributed by atoms with Gasteiger partial charge in [0.25, 0.3) is 0 Å². The fourth-order valence-corrected chi connectivity index (χ4v) is 4.21. The minimum Gasteiger partial charge on any atom is -0.350 e. The molecule has 1 aliphatic rings. The van der Waals surface area contributed by atoms with Crippen molar-refractivity contribution in [2.24, 2.45) is 5.92 Å². The van der Waals surface area contributed by atoms with Crippen LogP contribution in [0.5, 0.6) is 0 Å². The van der Waals surface area contributed by atoms with Crippen molar-refractivity contribution in [1.82, 2.24) is 9.88 Å². The summed E-state index contributed by atoms with van der Waals surface area (Å²) in [7, 11) is 0. The van der Waals surface area contributed by atoms with Crippen LogP contribution in [0.15, 0.2) is 54.6 Å². The standard InChI is InChI=1S/C24H27N3O2/c1-17(28)23-24(20-9-5-6-10-21(20)25-23)26-22(29)16-27-13-11-19(12-14-27)15-18-7-3-2-4-8-18/h2-10,19,25H,11-16H2,1H3,(H,26,29). The van der Waals surface area contributed by atoms with Crippen LogP contribution in [-0.4, -0.2) is 41.2 Å². The smallest absolute Gasteiger partial charge is 0.238 e. The summed E-state index contributed by atoms with van der Waals surface area (Å²) in [5, 5.41) is 3.85. The number of carbonyl (C=O) groups is 2. The van der Waals surface area contributed by atoms with Gasteiger partial charge in [-0.3, -0.25) is 14.5 Å². The van der Waals surface area contributed by atoms with Gasteiger partial charge in [-0.15, -0.1) is 0 Å². The second-order valence-electron chi connectivity index (χ2n) is 7.93. The zero-order valence-corrected chi connectivity index (χ0v) is 16.8. The highest BCUT2D eigenvalue weighted by Crippen LogP contribution is 2.28. The van der Waals surface area contributed by atoms with Crippen molar-refractivity contribution in [2.75, 3.05) is 25.0 Å². The summed E-state index contributed by atoms with van der Waals surface area (Å²) < 4.78 is 0. The van der Waals surface area contributed by atoms with E-state index in [1.54, 1.807) is 0 Å². The third-order valence-corrected chi connectivity index (χ3v) is 5.76. The van der Waals surface area contributed by atoms with E-state index in [2.05, 4.69) is 45.5 Å². The van der Waals surface area contributed by atoms with Crippen molar-refractivity contribution in [2.45, 2.75) is 26.2 Å². The lowest BCUT2D eigenvalue weighted by Gasteiger charge is -2.31. The Morgan fingerprint density at radius 1 is 1.03 bits per heavy atom. The van der Waals surface area contributed by atoms with Crippen molar-refractivity contribution in [3.63, 3.8) is 0 Å². The molecule has 2 aromatic carbocycles. The van der Waals surface area contributed by atoms with Crippen LogP contribution in [0.1, 0.15) is 35.8 Å². The minimum atomic E-state index is -0.0850. The van der Waals surface area contributed by atoms with E-state index in [0.717, 1.165) is 43.3 Å². The molecular weight excluding hydrogens is 362 g/mol. The van der Waals surface area contributed by atoms with Gasteiger partial charge < -0.3 is 10.3 Å². The summed E-state index contributed by atoms with van der Waals surface area (Å²) in [6, 6.07) is 18.3. The molecule has 0 bridgehead atoms. The molecule has 3 aromatic rings. The van der Waals surface area contributed by atoms with E-state index in [4.69, 9.17) is 0 Å². The molecule has 5 heteroatoms. The Balaban J connectivity index is 1.35. The van der Waals surface area contributed by atoms with Gasteiger partial charge >= 0.3 is 0 Å². The van der Waals surface area contributed by atoms with Crippen LogP contribution in [0.25, 0.3) is 10.9 Å². The second-order valence-corrected chi connectivity index (χ2v) is 7.93. The fourth-order valence-electron chi connectivity index (χ4n) is 4.21. The molecule has 0 atom stereocenters. The van der Waals surface area contributed by atoms with E-state index in [0.29, 0.717) is 23.8 Å². The SMILES string of the molecule is CC(=O)c1[nH]c2ccccc2c1NC(=O)CN1CCC(Cc2ccccc2)CC1. The third-order valence-electron chi connectivity index (χ3n) is 5.76. The van der Waals surface area contributed by atoms with Gasteiger partial charge in [-0.2, -0.15) is 0 Å². The number of fused-ring (bicyclic) bond motifs is 1. The molecule has 5 nitrogen and oxygen atoms in total. The Kier molecular flexibility index (Phi) is 5.76. The minimum absolute atomic E-state index is 0.0706. The Morgan fingerprint density at radius 2 is 1.72 bits per heavy atom. The molecule has 2 N–H and O–H groups in total. The van der Waals surface area contributed by atoms with Crippen molar-refractivity contribution in [1.29, 1.82) is 0 Å². The highest BCUT2D eigenvalue weighted by Gasteiger charge is 2.22. The first-order valence-electron chi connectivity index (χ1n) is 10.3. The van der Waals surface area contributed by atoms with Gasteiger partial charge in [-0.25, -0.2) is 0 Å². The first-order valence-corrected chi connectivity index (χ1v) is 10.3. The number of aromatic nitrogens is 1. The van der Waals surface area contributed by atoms with Gasteiger partial charge in [0.2, 0.25) is 5.91 Å². The van der Waals surface area contributed by atoms with E-state index < -0.39 is 0 Å². The van der Waals surface area contributed by atoms with Crippen molar-refractivity contribution in [3.05, 3.63) is 65.9 Å². The summed E-state index contributed by atoms with van der Waals surface area (Å²) in [6.07, 6.45) is 3.32. The number of anilines is 1. The van der Waals surface area contributed by atoms with Gasteiger partial charge in [0.1, 0.15) is 5.69 Å². The van der Waals surface area contributed by atoms with Gasteiger partial charge in [-0.1, -0.05) is 48.5 Å². The molecule has 1 aromatic heterocycles. The number of nitrogens with zero attached hydrogens (tertiary/aromatic N) is 1. The molecule has 1 fully saturated rings. The number of Topliss-reactive ketones (excluding diaryl/α,β-unsaturated/α-hetero) is 1. The molecule has 2 heterocycles. The predicted octanol–water partition coefficient (Wildman–Crippen LogP) is 4.26. The van der Waals surface area contributed by atoms with Crippen molar-refractivity contribution in [3.8, 4) is 0 Å². The maximum atomic E-state index is 12.7. The maximum absolute atomic E-state index is 12.7. The predicted molar refractivity (Wildman–Crippen MR) is 116 cm³/mol. The van der Waals surface area contributed by atoms with Crippen LogP contribution < -0.4 is 5.32 Å². The second kappa shape index (κ2) is 8.62. The lowest BCUT2D eigenvalue weighted by molar-refractivity contribution is -0.117. The van der Waals surface area contributed by atoms with Crippen LogP contribution in [0.3, 0.4) is 0 Å². The fraction of sp³-hybridized carbons (Fsp3) is 0.333. The van der Waals surface area contributed by atoms with Gasteiger partial charge in [-0.05, 0) is 49.9 Å². The number of aromatic amines is 1. The summed E-state index contributed by atoms with van der Waals surface area (Å²) in [5.74, 6) is 0.520. The lowest BCUT2D eigenvalue weighted by Crippen LogP contribution is -2.39. The molecule has 4 rings (SSSR count). The topological polar surface area (TPSA) is 65.2 Å². The van der Waals surface area contributed by atoms with Crippen LogP contribution in [0.4, 0.5) is 5.69 Å². The monoisotopic (exact) mass is 389 g/mol. The Labute approximate surface area is 171 Å². The van der Waals surface area contributed by atoms with Crippen LogP contribution in [0, 0.1) is 5.92 Å². The van der Waals surface area contributed by atoms with E-state index >= 15 is 0 Å². The number of piperidine rings is 1. The first-order chi connectivity index (χ1) is 14.1. The number of carbonyl (C=O) groups excluding carboxylic acids is 2.